The predicted molar refractivity (Wildman–Crippen MR) is 88.9 cm³/mol. The summed E-state index contributed by atoms with van der Waals surface area (Å²) in [5.41, 5.74) is 5.98. The highest BCUT2D eigenvalue weighted by atomic mass is 32.2. The molecule has 0 spiro atoms. The smallest absolute Gasteiger partial charge is 0.218 e. The Morgan fingerprint density at radius 3 is 2.83 bits per heavy atom. The first-order chi connectivity index (χ1) is 11.6. The molecule has 1 fully saturated rings. The van der Waals surface area contributed by atoms with Crippen LogP contribution in [0.1, 0.15) is 19.3 Å². The van der Waals surface area contributed by atoms with Gasteiger partial charge in [0.15, 0.2) is 11.0 Å². The molecule has 1 aliphatic rings. The van der Waals surface area contributed by atoms with Crippen molar-refractivity contribution >= 4 is 17.7 Å². The summed E-state index contributed by atoms with van der Waals surface area (Å²) < 4.78 is 20.9. The van der Waals surface area contributed by atoms with Gasteiger partial charge < -0.3 is 10.5 Å². The minimum absolute atomic E-state index is 0.121. The fourth-order valence-corrected chi connectivity index (χ4v) is 3.51. The molecule has 2 N–H and O–H groups in total. The number of ether oxygens (including phenoxy) is 1. The summed E-state index contributed by atoms with van der Waals surface area (Å²) in [6.07, 6.45) is 2.44. The number of nitrogens with two attached hydrogens (primary N) is 1. The minimum atomic E-state index is -0.341. The number of primary amides is 1. The van der Waals surface area contributed by atoms with Crippen LogP contribution in [-0.4, -0.2) is 39.1 Å². The standard InChI is InChI=1S/C16H19FN4O2S/c17-12-5-3-11(4-6-12)15-19-20-16(24-9-7-14(18)22)21(15)10-13-2-1-8-23-13/h3-6,13H,1-2,7-10H2,(H2,18,22)/t13-/m0/s1. The molecule has 0 unspecified atom stereocenters. The molecular formula is C16H19FN4O2S. The van der Waals surface area contributed by atoms with Crippen LogP contribution in [0.15, 0.2) is 29.4 Å². The van der Waals surface area contributed by atoms with Crippen molar-refractivity contribution in [2.45, 2.75) is 37.1 Å². The van der Waals surface area contributed by atoms with Crippen molar-refractivity contribution in [3.63, 3.8) is 0 Å². The number of carbonyl (C=O) groups is 1. The highest BCUT2D eigenvalue weighted by Crippen LogP contribution is 2.27. The summed E-state index contributed by atoms with van der Waals surface area (Å²) in [6, 6.07) is 6.17. The Kier molecular flexibility index (Phi) is 5.47. The summed E-state index contributed by atoms with van der Waals surface area (Å²) in [5.74, 6) is 0.584. The van der Waals surface area contributed by atoms with Gasteiger partial charge in [-0.15, -0.1) is 10.2 Å². The molecule has 0 saturated carbocycles. The van der Waals surface area contributed by atoms with E-state index in [1.807, 2.05) is 4.57 Å². The van der Waals surface area contributed by atoms with Gasteiger partial charge >= 0.3 is 0 Å². The van der Waals surface area contributed by atoms with Crippen molar-refractivity contribution in [2.75, 3.05) is 12.4 Å². The molecule has 128 valence electrons. The lowest BCUT2D eigenvalue weighted by molar-refractivity contribution is -0.117. The number of carbonyl (C=O) groups excluding carboxylic acids is 1. The van der Waals surface area contributed by atoms with Gasteiger partial charge in [0.2, 0.25) is 5.91 Å². The number of rotatable bonds is 7. The molecule has 2 aromatic rings. The normalized spacial score (nSPS) is 17.3. The molecule has 1 aliphatic heterocycles. The van der Waals surface area contributed by atoms with E-state index in [4.69, 9.17) is 10.5 Å². The largest absolute Gasteiger partial charge is 0.376 e. The Morgan fingerprint density at radius 1 is 1.38 bits per heavy atom. The highest BCUT2D eigenvalue weighted by Gasteiger charge is 2.21. The Balaban J connectivity index is 1.84. The lowest BCUT2D eigenvalue weighted by Gasteiger charge is -2.14. The molecule has 3 rings (SSSR count). The summed E-state index contributed by atoms with van der Waals surface area (Å²) in [7, 11) is 0. The van der Waals surface area contributed by atoms with E-state index in [1.54, 1.807) is 12.1 Å². The predicted octanol–water partition coefficient (Wildman–Crippen LogP) is 2.23. The molecule has 1 saturated heterocycles. The minimum Gasteiger partial charge on any atom is -0.376 e. The Morgan fingerprint density at radius 2 is 2.17 bits per heavy atom. The SMILES string of the molecule is NC(=O)CCSc1nnc(-c2ccc(F)cc2)n1C[C@@H]1CCCO1. The van der Waals surface area contributed by atoms with Crippen LogP contribution >= 0.6 is 11.8 Å². The second-order valence-corrected chi connectivity index (χ2v) is 6.69. The third-order valence-corrected chi connectivity index (χ3v) is 4.78. The molecule has 1 amide bonds. The van der Waals surface area contributed by atoms with Gasteiger partial charge in [-0.25, -0.2) is 4.39 Å². The van der Waals surface area contributed by atoms with Gasteiger partial charge in [0.25, 0.3) is 0 Å². The Labute approximate surface area is 143 Å². The zero-order chi connectivity index (χ0) is 16.9. The molecule has 1 aromatic heterocycles. The Hall–Kier alpha value is -1.93. The maximum absolute atomic E-state index is 13.2. The number of nitrogens with zero attached hydrogens (tertiary/aromatic N) is 3. The second kappa shape index (κ2) is 7.76. The van der Waals surface area contributed by atoms with Gasteiger partial charge in [-0.3, -0.25) is 9.36 Å². The maximum atomic E-state index is 13.2. The molecule has 8 heteroatoms. The molecular weight excluding hydrogens is 331 g/mol. The Bertz CT molecular complexity index is 699. The van der Waals surface area contributed by atoms with Crippen molar-refractivity contribution in [1.29, 1.82) is 0 Å². The highest BCUT2D eigenvalue weighted by molar-refractivity contribution is 7.99. The van der Waals surface area contributed by atoms with E-state index in [2.05, 4.69) is 10.2 Å². The van der Waals surface area contributed by atoms with Gasteiger partial charge in [-0.05, 0) is 37.1 Å². The zero-order valence-electron chi connectivity index (χ0n) is 13.2. The monoisotopic (exact) mass is 350 g/mol. The van der Waals surface area contributed by atoms with E-state index in [0.29, 0.717) is 23.3 Å². The van der Waals surface area contributed by atoms with E-state index in [0.717, 1.165) is 25.0 Å². The van der Waals surface area contributed by atoms with Gasteiger partial charge in [0, 0.05) is 24.3 Å². The summed E-state index contributed by atoms with van der Waals surface area (Å²) in [4.78, 5) is 10.9. The summed E-state index contributed by atoms with van der Waals surface area (Å²) >= 11 is 1.44. The molecule has 0 aliphatic carbocycles. The van der Waals surface area contributed by atoms with Crippen LogP contribution in [0.3, 0.4) is 0 Å². The van der Waals surface area contributed by atoms with Crippen LogP contribution in [0.5, 0.6) is 0 Å². The second-order valence-electron chi connectivity index (χ2n) is 5.62. The molecule has 1 aromatic carbocycles. The van der Waals surface area contributed by atoms with E-state index in [9.17, 15) is 9.18 Å². The van der Waals surface area contributed by atoms with Gasteiger partial charge in [0.1, 0.15) is 5.82 Å². The number of aromatic nitrogens is 3. The van der Waals surface area contributed by atoms with Crippen LogP contribution in [-0.2, 0) is 16.1 Å². The summed E-state index contributed by atoms with van der Waals surface area (Å²) in [5, 5.41) is 9.20. The number of thioether (sulfide) groups is 1. The number of hydrogen-bond donors (Lipinski definition) is 1. The number of benzene rings is 1. The number of amides is 1. The van der Waals surface area contributed by atoms with E-state index in [1.165, 1.54) is 23.9 Å². The average Bonchev–Trinajstić information content (AvgIpc) is 3.19. The van der Waals surface area contributed by atoms with Crippen molar-refractivity contribution < 1.29 is 13.9 Å². The molecule has 24 heavy (non-hydrogen) atoms. The topological polar surface area (TPSA) is 83.0 Å². The first kappa shape index (κ1) is 16.9. The van der Waals surface area contributed by atoms with Crippen LogP contribution in [0.4, 0.5) is 4.39 Å². The van der Waals surface area contributed by atoms with E-state index >= 15 is 0 Å². The molecule has 6 nitrogen and oxygen atoms in total. The van der Waals surface area contributed by atoms with Gasteiger partial charge in [-0.1, -0.05) is 11.8 Å². The number of hydrogen-bond acceptors (Lipinski definition) is 5. The van der Waals surface area contributed by atoms with Crippen molar-refractivity contribution in [1.82, 2.24) is 14.8 Å². The maximum Gasteiger partial charge on any atom is 0.218 e. The quantitative estimate of drug-likeness (QED) is 0.774. The van der Waals surface area contributed by atoms with Crippen LogP contribution in [0, 0.1) is 5.82 Å². The van der Waals surface area contributed by atoms with E-state index in [-0.39, 0.29) is 24.2 Å². The van der Waals surface area contributed by atoms with Crippen molar-refractivity contribution in [3.05, 3.63) is 30.1 Å². The fourth-order valence-electron chi connectivity index (χ4n) is 2.61. The van der Waals surface area contributed by atoms with Crippen molar-refractivity contribution in [2.24, 2.45) is 5.73 Å². The molecule has 1 atom stereocenters. The molecule has 2 heterocycles. The number of halogens is 1. The van der Waals surface area contributed by atoms with E-state index < -0.39 is 0 Å². The third-order valence-electron chi connectivity index (χ3n) is 3.81. The van der Waals surface area contributed by atoms with Crippen LogP contribution < -0.4 is 5.73 Å². The lowest BCUT2D eigenvalue weighted by Crippen LogP contribution is -2.17. The average molecular weight is 350 g/mol. The first-order valence-corrected chi connectivity index (χ1v) is 8.84. The van der Waals surface area contributed by atoms with Gasteiger partial charge in [-0.2, -0.15) is 0 Å². The van der Waals surface area contributed by atoms with Crippen LogP contribution in [0.2, 0.25) is 0 Å². The third kappa shape index (κ3) is 4.12. The molecule has 0 radical (unpaired) electrons. The first-order valence-electron chi connectivity index (χ1n) is 7.85. The fraction of sp³-hybridized carbons (Fsp3) is 0.438. The zero-order valence-corrected chi connectivity index (χ0v) is 14.0. The lowest BCUT2D eigenvalue weighted by atomic mass is 10.2. The van der Waals surface area contributed by atoms with Crippen LogP contribution in [0.25, 0.3) is 11.4 Å². The van der Waals surface area contributed by atoms with Gasteiger partial charge in [0.05, 0.1) is 12.6 Å². The molecule has 0 bridgehead atoms. The van der Waals surface area contributed by atoms with Crippen molar-refractivity contribution in [3.8, 4) is 11.4 Å². The summed E-state index contributed by atoms with van der Waals surface area (Å²) in [6.45, 7) is 1.40.